The fourth-order valence-electron chi connectivity index (χ4n) is 2.55. The molecule has 2 aromatic rings. The monoisotopic (exact) mass is 346 g/mol. The van der Waals surface area contributed by atoms with Gasteiger partial charge in [0.2, 0.25) is 5.91 Å². The molecule has 0 bridgehead atoms. The molecular formula is C18H16Cl2N2O. The number of amides is 1. The average Bonchev–Trinajstić information content (AvgIpc) is 2.57. The van der Waals surface area contributed by atoms with Crippen molar-refractivity contribution in [3.8, 4) is 11.1 Å². The fourth-order valence-corrected chi connectivity index (χ4v) is 3.00. The maximum Gasteiger partial charge on any atom is 0.230 e. The second-order valence-corrected chi connectivity index (χ2v) is 6.35. The lowest BCUT2D eigenvalue weighted by atomic mass is 10.00. The van der Waals surface area contributed by atoms with Gasteiger partial charge in [-0.2, -0.15) is 0 Å². The molecule has 0 saturated carbocycles. The summed E-state index contributed by atoms with van der Waals surface area (Å²) in [6.07, 6.45) is 3.30. The summed E-state index contributed by atoms with van der Waals surface area (Å²) in [5.41, 5.74) is 2.43. The Bertz CT molecular complexity index is 711. The van der Waals surface area contributed by atoms with Crippen LogP contribution in [0.25, 0.3) is 11.1 Å². The average molecular weight is 347 g/mol. The Morgan fingerprint density at radius 3 is 2.26 bits per heavy atom. The highest BCUT2D eigenvalue weighted by molar-refractivity contribution is 6.30. The molecule has 2 atom stereocenters. The van der Waals surface area contributed by atoms with E-state index in [4.69, 9.17) is 23.2 Å². The van der Waals surface area contributed by atoms with Gasteiger partial charge in [0.25, 0.3) is 0 Å². The van der Waals surface area contributed by atoms with E-state index in [2.05, 4.69) is 10.3 Å². The van der Waals surface area contributed by atoms with E-state index in [1.165, 1.54) is 0 Å². The first-order valence-corrected chi connectivity index (χ1v) is 8.27. The van der Waals surface area contributed by atoms with E-state index in [1.807, 2.05) is 48.5 Å². The van der Waals surface area contributed by atoms with Crippen LogP contribution < -0.4 is 5.32 Å². The molecule has 0 aliphatic carbocycles. The number of anilines is 1. The Kier molecular flexibility index (Phi) is 4.99. The topological polar surface area (TPSA) is 41.5 Å². The highest BCUT2D eigenvalue weighted by atomic mass is 35.5. The molecule has 1 heterocycles. The third-order valence-corrected chi connectivity index (χ3v) is 4.52. The maximum absolute atomic E-state index is 12.3. The van der Waals surface area contributed by atoms with Gasteiger partial charge in [0, 0.05) is 16.9 Å². The molecule has 1 aliphatic heterocycles. The summed E-state index contributed by atoms with van der Waals surface area (Å²) >= 11 is 12.0. The van der Waals surface area contributed by atoms with Crippen LogP contribution in [0.2, 0.25) is 5.02 Å². The van der Waals surface area contributed by atoms with Crippen LogP contribution in [0, 0.1) is 5.92 Å². The molecular weight excluding hydrogens is 331 g/mol. The molecule has 23 heavy (non-hydrogen) atoms. The zero-order valence-corrected chi connectivity index (χ0v) is 13.9. The molecule has 3 rings (SSSR count). The highest BCUT2D eigenvalue weighted by Crippen LogP contribution is 2.25. The van der Waals surface area contributed by atoms with E-state index in [0.717, 1.165) is 29.7 Å². The van der Waals surface area contributed by atoms with Crippen molar-refractivity contribution in [3.05, 3.63) is 53.6 Å². The van der Waals surface area contributed by atoms with Gasteiger partial charge in [-0.15, -0.1) is 0 Å². The summed E-state index contributed by atoms with van der Waals surface area (Å²) in [4.78, 5) is 16.4. The lowest BCUT2D eigenvalue weighted by Gasteiger charge is -2.21. The van der Waals surface area contributed by atoms with Crippen LogP contribution in [0.3, 0.4) is 0 Å². The Morgan fingerprint density at radius 2 is 1.65 bits per heavy atom. The second-order valence-electron chi connectivity index (χ2n) is 5.46. The molecule has 2 unspecified atom stereocenters. The quantitative estimate of drug-likeness (QED) is 0.617. The summed E-state index contributed by atoms with van der Waals surface area (Å²) < 4.78 is 0. The minimum absolute atomic E-state index is 0.0823. The number of rotatable bonds is 3. The molecule has 1 amide bonds. The fraction of sp³-hybridized carbons (Fsp3) is 0.222. The number of carbonyl (C=O) groups is 1. The number of carbonyl (C=O) groups excluding carboxylic acids is 1. The third kappa shape index (κ3) is 3.92. The Morgan fingerprint density at radius 1 is 1.04 bits per heavy atom. The number of alkyl halides is 1. The molecule has 118 valence electrons. The Labute approximate surface area is 145 Å². The minimum atomic E-state index is -0.475. The molecule has 0 fully saturated rings. The molecule has 3 nitrogen and oxygen atoms in total. The van der Waals surface area contributed by atoms with Gasteiger partial charge in [0.1, 0.15) is 5.50 Å². The summed E-state index contributed by atoms with van der Waals surface area (Å²) in [6, 6.07) is 15.4. The van der Waals surface area contributed by atoms with E-state index in [9.17, 15) is 4.79 Å². The number of halogens is 2. The predicted molar refractivity (Wildman–Crippen MR) is 96.4 cm³/mol. The summed E-state index contributed by atoms with van der Waals surface area (Å²) in [7, 11) is 0. The minimum Gasteiger partial charge on any atom is -0.326 e. The molecule has 1 aliphatic rings. The second kappa shape index (κ2) is 7.16. The number of hydrogen-bond acceptors (Lipinski definition) is 2. The zero-order valence-electron chi connectivity index (χ0n) is 12.4. The maximum atomic E-state index is 12.3. The van der Waals surface area contributed by atoms with Gasteiger partial charge in [-0.3, -0.25) is 9.79 Å². The van der Waals surface area contributed by atoms with Crippen molar-refractivity contribution in [3.63, 3.8) is 0 Å². The first kappa shape index (κ1) is 16.0. The van der Waals surface area contributed by atoms with E-state index in [1.54, 1.807) is 6.21 Å². The SMILES string of the molecule is O=C(Nc1ccc(-c2ccc(Cl)cc2)cc1)C1CCC=NC1Cl. The molecule has 0 spiro atoms. The van der Waals surface area contributed by atoms with Gasteiger partial charge in [0.15, 0.2) is 0 Å². The van der Waals surface area contributed by atoms with Crippen molar-refractivity contribution in [2.24, 2.45) is 10.9 Å². The van der Waals surface area contributed by atoms with Crippen LogP contribution in [-0.2, 0) is 4.79 Å². The number of nitrogens with zero attached hydrogens (tertiary/aromatic N) is 1. The number of hydrogen-bond donors (Lipinski definition) is 1. The first-order chi connectivity index (χ1) is 11.1. The third-order valence-electron chi connectivity index (χ3n) is 3.85. The molecule has 0 saturated heterocycles. The van der Waals surface area contributed by atoms with Gasteiger partial charge in [-0.25, -0.2) is 0 Å². The van der Waals surface area contributed by atoms with E-state index < -0.39 is 5.50 Å². The molecule has 2 aromatic carbocycles. The van der Waals surface area contributed by atoms with Crippen molar-refractivity contribution in [1.29, 1.82) is 0 Å². The van der Waals surface area contributed by atoms with Gasteiger partial charge in [0.05, 0.1) is 5.92 Å². The largest absolute Gasteiger partial charge is 0.326 e. The van der Waals surface area contributed by atoms with Crippen molar-refractivity contribution in [1.82, 2.24) is 0 Å². The van der Waals surface area contributed by atoms with Crippen molar-refractivity contribution in [2.75, 3.05) is 5.32 Å². The van der Waals surface area contributed by atoms with Crippen LogP contribution in [0.1, 0.15) is 12.8 Å². The molecule has 0 radical (unpaired) electrons. The van der Waals surface area contributed by atoms with Crippen LogP contribution >= 0.6 is 23.2 Å². The lowest BCUT2D eigenvalue weighted by molar-refractivity contribution is -0.120. The summed E-state index contributed by atoms with van der Waals surface area (Å²) in [6.45, 7) is 0. The van der Waals surface area contributed by atoms with Crippen LogP contribution in [0.4, 0.5) is 5.69 Å². The smallest absolute Gasteiger partial charge is 0.230 e. The number of nitrogens with one attached hydrogen (secondary N) is 1. The Hall–Kier alpha value is -1.84. The van der Waals surface area contributed by atoms with Crippen molar-refractivity contribution >= 4 is 41.0 Å². The summed E-state index contributed by atoms with van der Waals surface area (Å²) in [5, 5.41) is 3.62. The molecule has 0 aromatic heterocycles. The molecule has 1 N–H and O–H groups in total. The van der Waals surface area contributed by atoms with E-state index in [0.29, 0.717) is 5.02 Å². The van der Waals surface area contributed by atoms with Crippen LogP contribution in [-0.4, -0.2) is 17.6 Å². The normalized spacial score (nSPS) is 20.3. The molecule has 5 heteroatoms. The van der Waals surface area contributed by atoms with Gasteiger partial charge < -0.3 is 5.32 Å². The van der Waals surface area contributed by atoms with Crippen molar-refractivity contribution in [2.45, 2.75) is 18.3 Å². The zero-order chi connectivity index (χ0) is 16.2. The lowest BCUT2D eigenvalue weighted by Crippen LogP contribution is -2.31. The van der Waals surface area contributed by atoms with E-state index >= 15 is 0 Å². The van der Waals surface area contributed by atoms with Crippen LogP contribution in [0.15, 0.2) is 53.5 Å². The van der Waals surface area contributed by atoms with E-state index in [-0.39, 0.29) is 11.8 Å². The van der Waals surface area contributed by atoms with Gasteiger partial charge in [-0.05, 0) is 48.2 Å². The van der Waals surface area contributed by atoms with Gasteiger partial charge >= 0.3 is 0 Å². The van der Waals surface area contributed by atoms with Crippen LogP contribution in [0.5, 0.6) is 0 Å². The standard InChI is InChI=1S/C18H16Cl2N2O/c19-14-7-3-12(4-8-14)13-5-9-15(10-6-13)22-18(23)16-2-1-11-21-17(16)20/h3-11,16-17H,1-2H2,(H,22,23). The van der Waals surface area contributed by atoms with Gasteiger partial charge in [-0.1, -0.05) is 47.5 Å². The predicted octanol–water partition coefficient (Wildman–Crippen LogP) is 4.99. The number of benzene rings is 2. The first-order valence-electron chi connectivity index (χ1n) is 7.46. The van der Waals surface area contributed by atoms with Crippen molar-refractivity contribution < 1.29 is 4.79 Å². The Balaban J connectivity index is 1.69. The summed E-state index contributed by atoms with van der Waals surface area (Å²) in [5.74, 6) is -0.362. The number of aliphatic imine (C=N–C) groups is 1. The highest BCUT2D eigenvalue weighted by Gasteiger charge is 2.27.